The van der Waals surface area contributed by atoms with Gasteiger partial charge in [-0.2, -0.15) is 5.26 Å². The van der Waals surface area contributed by atoms with Gasteiger partial charge in [0, 0.05) is 16.7 Å². The summed E-state index contributed by atoms with van der Waals surface area (Å²) in [5.74, 6) is 1.23. The van der Waals surface area contributed by atoms with Crippen LogP contribution in [0.3, 0.4) is 0 Å². The number of nitriles is 1. The van der Waals surface area contributed by atoms with Gasteiger partial charge in [0.25, 0.3) is 0 Å². The standard InChI is InChI=1S/C18H15BrClNO2/c1-2-22-17-11-13(6-5-9-21)10-15(19)18(17)23-12-14-7-3-4-8-16(14)20/h3-8,10-11H,2,12H2,1H3. The molecule has 0 heterocycles. The Morgan fingerprint density at radius 3 is 2.74 bits per heavy atom. The number of benzene rings is 2. The fourth-order valence-corrected chi connectivity index (χ4v) is 2.75. The van der Waals surface area contributed by atoms with Gasteiger partial charge in [-0.05, 0) is 52.7 Å². The van der Waals surface area contributed by atoms with Crippen LogP contribution in [-0.2, 0) is 6.61 Å². The first kappa shape index (κ1) is 17.4. The number of hydrogen-bond donors (Lipinski definition) is 0. The highest BCUT2D eigenvalue weighted by atomic mass is 79.9. The predicted molar refractivity (Wildman–Crippen MR) is 95.7 cm³/mol. The molecule has 0 amide bonds. The molecule has 0 aromatic heterocycles. The van der Waals surface area contributed by atoms with E-state index in [0.29, 0.717) is 29.7 Å². The summed E-state index contributed by atoms with van der Waals surface area (Å²) in [6, 6.07) is 13.2. The van der Waals surface area contributed by atoms with Crippen LogP contribution in [0.2, 0.25) is 5.02 Å². The Morgan fingerprint density at radius 1 is 1.26 bits per heavy atom. The van der Waals surface area contributed by atoms with Gasteiger partial charge in [-0.3, -0.25) is 0 Å². The third-order valence-electron chi connectivity index (χ3n) is 3.01. The molecule has 0 bridgehead atoms. The molecule has 2 aromatic carbocycles. The predicted octanol–water partition coefficient (Wildman–Crippen LogP) is 5.62. The molecular formula is C18H15BrClNO2. The zero-order valence-electron chi connectivity index (χ0n) is 12.6. The van der Waals surface area contributed by atoms with Crippen molar-refractivity contribution < 1.29 is 9.47 Å². The fourth-order valence-electron chi connectivity index (χ4n) is 1.99. The minimum atomic E-state index is 0.339. The van der Waals surface area contributed by atoms with E-state index in [1.54, 1.807) is 6.08 Å². The molecule has 118 valence electrons. The molecule has 0 N–H and O–H groups in total. The van der Waals surface area contributed by atoms with Crippen molar-refractivity contribution in [3.63, 3.8) is 0 Å². The van der Waals surface area contributed by atoms with E-state index in [4.69, 9.17) is 26.3 Å². The van der Waals surface area contributed by atoms with Crippen LogP contribution in [0.15, 0.2) is 46.9 Å². The lowest BCUT2D eigenvalue weighted by Crippen LogP contribution is -2.01. The van der Waals surface area contributed by atoms with Crippen LogP contribution in [-0.4, -0.2) is 6.61 Å². The van der Waals surface area contributed by atoms with Crippen molar-refractivity contribution in [2.45, 2.75) is 13.5 Å². The molecule has 0 saturated heterocycles. The molecule has 0 aliphatic rings. The lowest BCUT2D eigenvalue weighted by atomic mass is 10.2. The second-order valence-corrected chi connectivity index (χ2v) is 5.87. The molecule has 2 rings (SSSR count). The average molecular weight is 393 g/mol. The Hall–Kier alpha value is -1.96. The zero-order chi connectivity index (χ0) is 16.7. The molecule has 3 nitrogen and oxygen atoms in total. The van der Waals surface area contributed by atoms with Crippen LogP contribution in [0.5, 0.6) is 11.5 Å². The Balaban J connectivity index is 2.28. The maximum absolute atomic E-state index is 8.64. The smallest absolute Gasteiger partial charge is 0.175 e. The van der Waals surface area contributed by atoms with Gasteiger partial charge in [-0.25, -0.2) is 0 Å². The fraction of sp³-hybridized carbons (Fsp3) is 0.167. The maximum Gasteiger partial charge on any atom is 0.175 e. The van der Waals surface area contributed by atoms with E-state index in [1.165, 1.54) is 6.08 Å². The van der Waals surface area contributed by atoms with Crippen LogP contribution >= 0.6 is 27.5 Å². The SMILES string of the molecule is CCOc1cc(C=CC#N)cc(Br)c1OCc1ccccc1Cl. The highest BCUT2D eigenvalue weighted by molar-refractivity contribution is 9.10. The summed E-state index contributed by atoms with van der Waals surface area (Å²) in [6.07, 6.45) is 3.13. The quantitative estimate of drug-likeness (QED) is 0.599. The zero-order valence-corrected chi connectivity index (χ0v) is 14.9. The van der Waals surface area contributed by atoms with Gasteiger partial charge in [0.05, 0.1) is 17.1 Å². The average Bonchev–Trinajstić information content (AvgIpc) is 2.54. The van der Waals surface area contributed by atoms with E-state index in [0.717, 1.165) is 15.6 Å². The lowest BCUT2D eigenvalue weighted by molar-refractivity contribution is 0.267. The van der Waals surface area contributed by atoms with Crippen LogP contribution in [0.1, 0.15) is 18.1 Å². The number of allylic oxidation sites excluding steroid dienone is 1. The molecule has 2 aromatic rings. The molecule has 0 aliphatic heterocycles. The van der Waals surface area contributed by atoms with E-state index in [9.17, 15) is 0 Å². The largest absolute Gasteiger partial charge is 0.490 e. The first-order valence-electron chi connectivity index (χ1n) is 7.04. The van der Waals surface area contributed by atoms with Crippen molar-refractivity contribution in [1.82, 2.24) is 0 Å². The number of rotatable bonds is 6. The Labute approximate surface area is 149 Å². The van der Waals surface area contributed by atoms with Crippen molar-refractivity contribution in [1.29, 1.82) is 5.26 Å². The van der Waals surface area contributed by atoms with E-state index >= 15 is 0 Å². The van der Waals surface area contributed by atoms with Crippen LogP contribution in [0, 0.1) is 11.3 Å². The van der Waals surface area contributed by atoms with Crippen molar-refractivity contribution in [3.8, 4) is 17.6 Å². The van der Waals surface area contributed by atoms with Gasteiger partial charge < -0.3 is 9.47 Å². The summed E-state index contributed by atoms with van der Waals surface area (Å²) in [4.78, 5) is 0. The summed E-state index contributed by atoms with van der Waals surface area (Å²) in [6.45, 7) is 2.76. The van der Waals surface area contributed by atoms with Crippen molar-refractivity contribution in [2.75, 3.05) is 6.61 Å². The molecule has 0 fully saturated rings. The van der Waals surface area contributed by atoms with Crippen molar-refractivity contribution in [2.24, 2.45) is 0 Å². The Kier molecular flexibility index (Phi) is 6.52. The first-order chi connectivity index (χ1) is 11.2. The molecule has 0 saturated carbocycles. The molecule has 0 spiro atoms. The number of halogens is 2. The molecule has 0 unspecified atom stereocenters. The molecule has 23 heavy (non-hydrogen) atoms. The molecular weight excluding hydrogens is 378 g/mol. The lowest BCUT2D eigenvalue weighted by Gasteiger charge is -2.15. The summed E-state index contributed by atoms with van der Waals surface area (Å²) < 4.78 is 12.3. The second-order valence-electron chi connectivity index (χ2n) is 4.61. The van der Waals surface area contributed by atoms with Gasteiger partial charge >= 0.3 is 0 Å². The maximum atomic E-state index is 8.64. The van der Waals surface area contributed by atoms with E-state index in [2.05, 4.69) is 15.9 Å². The summed E-state index contributed by atoms with van der Waals surface area (Å²) in [7, 11) is 0. The summed E-state index contributed by atoms with van der Waals surface area (Å²) in [5.41, 5.74) is 1.75. The van der Waals surface area contributed by atoms with Gasteiger partial charge in [0.15, 0.2) is 11.5 Å². The van der Waals surface area contributed by atoms with Crippen molar-refractivity contribution >= 4 is 33.6 Å². The molecule has 0 radical (unpaired) electrons. The molecule has 5 heteroatoms. The van der Waals surface area contributed by atoms with Gasteiger partial charge in [-0.15, -0.1) is 0 Å². The third-order valence-corrected chi connectivity index (χ3v) is 3.97. The highest BCUT2D eigenvalue weighted by Crippen LogP contribution is 2.38. The monoisotopic (exact) mass is 391 g/mol. The minimum Gasteiger partial charge on any atom is -0.490 e. The second kappa shape index (κ2) is 8.61. The molecule has 0 atom stereocenters. The van der Waals surface area contributed by atoms with E-state index in [-0.39, 0.29) is 0 Å². The summed E-state index contributed by atoms with van der Waals surface area (Å²) in [5, 5.41) is 9.31. The Morgan fingerprint density at radius 2 is 2.04 bits per heavy atom. The highest BCUT2D eigenvalue weighted by Gasteiger charge is 2.12. The number of hydrogen-bond acceptors (Lipinski definition) is 3. The van der Waals surface area contributed by atoms with Gasteiger partial charge in [-0.1, -0.05) is 29.8 Å². The summed E-state index contributed by atoms with van der Waals surface area (Å²) >= 11 is 9.65. The topological polar surface area (TPSA) is 42.2 Å². The van der Waals surface area contributed by atoms with E-state index in [1.807, 2.05) is 49.4 Å². The van der Waals surface area contributed by atoms with Gasteiger partial charge in [0.1, 0.15) is 6.61 Å². The first-order valence-corrected chi connectivity index (χ1v) is 8.21. The van der Waals surface area contributed by atoms with E-state index < -0.39 is 0 Å². The third kappa shape index (κ3) is 4.75. The van der Waals surface area contributed by atoms with Crippen LogP contribution in [0.25, 0.3) is 6.08 Å². The molecule has 0 aliphatic carbocycles. The number of ether oxygens (including phenoxy) is 2. The normalized spacial score (nSPS) is 10.5. The van der Waals surface area contributed by atoms with Crippen LogP contribution < -0.4 is 9.47 Å². The minimum absolute atomic E-state index is 0.339. The van der Waals surface area contributed by atoms with Crippen LogP contribution in [0.4, 0.5) is 0 Å². The van der Waals surface area contributed by atoms with Gasteiger partial charge in [0.2, 0.25) is 0 Å². The Bertz CT molecular complexity index is 753. The van der Waals surface area contributed by atoms with Crippen molar-refractivity contribution in [3.05, 3.63) is 63.1 Å². The number of nitrogens with zero attached hydrogens (tertiary/aromatic N) is 1.